The van der Waals surface area contributed by atoms with Gasteiger partial charge in [-0.3, -0.25) is 9.69 Å². The first-order valence-corrected chi connectivity index (χ1v) is 11.1. The fraction of sp³-hybridized carbons (Fsp3) is 0.381. The maximum Gasteiger partial charge on any atom is 0.243 e. The fourth-order valence-electron chi connectivity index (χ4n) is 3.42. The molecule has 0 aromatic heterocycles. The van der Waals surface area contributed by atoms with E-state index in [1.165, 1.54) is 16.4 Å². The molecule has 1 aliphatic rings. The van der Waals surface area contributed by atoms with Gasteiger partial charge in [0.1, 0.15) is 11.6 Å². The van der Waals surface area contributed by atoms with Crippen LogP contribution in [0.4, 0.5) is 8.78 Å². The molecule has 0 saturated carbocycles. The third-order valence-corrected chi connectivity index (χ3v) is 7.11. The zero-order valence-corrected chi connectivity index (χ0v) is 17.8. The van der Waals surface area contributed by atoms with Crippen LogP contribution in [0.15, 0.2) is 41.3 Å². The van der Waals surface area contributed by atoms with Gasteiger partial charge < -0.3 is 5.32 Å². The second-order valence-electron chi connectivity index (χ2n) is 7.50. The van der Waals surface area contributed by atoms with Crippen LogP contribution < -0.4 is 5.32 Å². The number of hydrogen-bond acceptors (Lipinski definition) is 4. The van der Waals surface area contributed by atoms with Crippen LogP contribution in [-0.4, -0.2) is 56.3 Å². The molecule has 1 amide bonds. The predicted molar refractivity (Wildman–Crippen MR) is 109 cm³/mol. The largest absolute Gasteiger partial charge is 0.351 e. The number of benzene rings is 2. The van der Waals surface area contributed by atoms with Gasteiger partial charge in [-0.2, -0.15) is 4.31 Å². The monoisotopic (exact) mass is 437 g/mol. The van der Waals surface area contributed by atoms with Crippen LogP contribution in [0, 0.1) is 25.5 Å². The molecule has 0 aliphatic carbocycles. The Kier molecular flexibility index (Phi) is 6.84. The van der Waals surface area contributed by atoms with E-state index >= 15 is 0 Å². The Morgan fingerprint density at radius 2 is 1.63 bits per heavy atom. The van der Waals surface area contributed by atoms with Gasteiger partial charge in [-0.05, 0) is 48.7 Å². The summed E-state index contributed by atoms with van der Waals surface area (Å²) in [4.78, 5) is 14.3. The average Bonchev–Trinajstić information content (AvgIpc) is 2.68. The summed E-state index contributed by atoms with van der Waals surface area (Å²) in [5.74, 6) is -1.67. The van der Waals surface area contributed by atoms with E-state index in [9.17, 15) is 22.0 Å². The Hall–Kier alpha value is -2.36. The van der Waals surface area contributed by atoms with E-state index < -0.39 is 21.7 Å². The van der Waals surface area contributed by atoms with Crippen molar-refractivity contribution in [2.24, 2.45) is 0 Å². The second-order valence-corrected chi connectivity index (χ2v) is 9.41. The van der Waals surface area contributed by atoms with Crippen LogP contribution in [0.25, 0.3) is 0 Å². The van der Waals surface area contributed by atoms with Crippen LogP contribution in [-0.2, 0) is 21.4 Å². The average molecular weight is 438 g/mol. The van der Waals surface area contributed by atoms with E-state index in [2.05, 4.69) is 5.32 Å². The molecule has 162 valence electrons. The van der Waals surface area contributed by atoms with Gasteiger partial charge in [-0.25, -0.2) is 17.2 Å². The number of halogens is 2. The number of carbonyl (C=O) groups is 1. The van der Waals surface area contributed by atoms with Crippen molar-refractivity contribution in [3.8, 4) is 0 Å². The number of rotatable bonds is 6. The normalized spacial score (nSPS) is 15.9. The maximum atomic E-state index is 13.2. The van der Waals surface area contributed by atoms with Crippen molar-refractivity contribution < 1.29 is 22.0 Å². The molecule has 2 aromatic rings. The lowest BCUT2D eigenvalue weighted by atomic mass is 10.2. The molecule has 1 N–H and O–H groups in total. The Labute approximate surface area is 175 Å². The first kappa shape index (κ1) is 22.3. The third-order valence-electron chi connectivity index (χ3n) is 5.07. The molecule has 0 bridgehead atoms. The highest BCUT2D eigenvalue weighted by Gasteiger charge is 2.30. The Bertz CT molecular complexity index is 1020. The molecule has 0 atom stereocenters. The molecule has 2 aromatic carbocycles. The van der Waals surface area contributed by atoms with Crippen LogP contribution in [0.1, 0.15) is 16.7 Å². The van der Waals surface area contributed by atoms with E-state index in [1.807, 2.05) is 17.9 Å². The Balaban J connectivity index is 1.52. The van der Waals surface area contributed by atoms with Gasteiger partial charge in [0.05, 0.1) is 11.4 Å². The first-order valence-electron chi connectivity index (χ1n) is 9.66. The summed E-state index contributed by atoms with van der Waals surface area (Å²) >= 11 is 0. The van der Waals surface area contributed by atoms with Gasteiger partial charge >= 0.3 is 0 Å². The standard InChI is InChI=1S/C21H25F2N3O3S/c1-15-3-4-16(2)20(9-15)30(28,29)26-7-5-25(6-8-26)14-21(27)24-13-17-10-18(22)12-19(23)11-17/h3-4,9-12H,5-8,13-14H2,1-2H3,(H,24,27). The molecule has 1 fully saturated rings. The van der Waals surface area contributed by atoms with Crippen molar-refractivity contribution in [1.29, 1.82) is 0 Å². The van der Waals surface area contributed by atoms with E-state index in [0.717, 1.165) is 11.6 Å². The topological polar surface area (TPSA) is 69.7 Å². The molecule has 0 radical (unpaired) electrons. The van der Waals surface area contributed by atoms with Crippen molar-refractivity contribution in [3.05, 3.63) is 64.7 Å². The zero-order valence-electron chi connectivity index (χ0n) is 17.0. The minimum absolute atomic E-state index is 0.0223. The molecule has 1 saturated heterocycles. The molecule has 3 rings (SSSR count). The van der Waals surface area contributed by atoms with Gasteiger partial charge in [0.2, 0.25) is 15.9 Å². The Morgan fingerprint density at radius 3 is 2.27 bits per heavy atom. The number of nitrogens with zero attached hydrogens (tertiary/aromatic N) is 2. The first-order chi connectivity index (χ1) is 14.1. The molecule has 1 heterocycles. The summed E-state index contributed by atoms with van der Waals surface area (Å²) in [7, 11) is -3.59. The van der Waals surface area contributed by atoms with E-state index in [4.69, 9.17) is 0 Å². The molecule has 6 nitrogen and oxygen atoms in total. The number of amides is 1. The minimum atomic E-state index is -3.59. The number of nitrogens with one attached hydrogen (secondary N) is 1. The summed E-state index contributed by atoms with van der Waals surface area (Å²) < 4.78 is 53.8. The van der Waals surface area contributed by atoms with E-state index in [-0.39, 0.29) is 32.1 Å². The second kappa shape index (κ2) is 9.20. The predicted octanol–water partition coefficient (Wildman–Crippen LogP) is 2.20. The summed E-state index contributed by atoms with van der Waals surface area (Å²) in [6.45, 7) is 5.17. The fourth-order valence-corrected chi connectivity index (χ4v) is 5.16. The summed E-state index contributed by atoms with van der Waals surface area (Å²) in [5.41, 5.74) is 1.93. The van der Waals surface area contributed by atoms with Crippen molar-refractivity contribution in [2.75, 3.05) is 32.7 Å². The van der Waals surface area contributed by atoms with Gasteiger partial charge in [0, 0.05) is 38.8 Å². The van der Waals surface area contributed by atoms with Crippen LogP contribution in [0.5, 0.6) is 0 Å². The van der Waals surface area contributed by atoms with Gasteiger partial charge in [0.25, 0.3) is 0 Å². The zero-order chi connectivity index (χ0) is 21.9. The van der Waals surface area contributed by atoms with Gasteiger partial charge in [-0.15, -0.1) is 0 Å². The third kappa shape index (κ3) is 5.41. The van der Waals surface area contributed by atoms with Crippen molar-refractivity contribution in [1.82, 2.24) is 14.5 Å². The van der Waals surface area contributed by atoms with Crippen LogP contribution in [0.3, 0.4) is 0 Å². The smallest absolute Gasteiger partial charge is 0.243 e. The van der Waals surface area contributed by atoms with E-state index in [1.54, 1.807) is 19.1 Å². The number of sulfonamides is 1. The van der Waals surface area contributed by atoms with Gasteiger partial charge in [0.15, 0.2) is 0 Å². The summed E-state index contributed by atoms with van der Waals surface area (Å²) in [6, 6.07) is 8.47. The highest BCUT2D eigenvalue weighted by atomic mass is 32.2. The molecule has 30 heavy (non-hydrogen) atoms. The maximum absolute atomic E-state index is 13.2. The number of hydrogen-bond donors (Lipinski definition) is 1. The molecule has 0 unspecified atom stereocenters. The van der Waals surface area contributed by atoms with Crippen molar-refractivity contribution in [3.63, 3.8) is 0 Å². The molecule has 0 spiro atoms. The number of piperazine rings is 1. The molecule has 9 heteroatoms. The number of aryl methyl sites for hydroxylation is 2. The van der Waals surface area contributed by atoms with Crippen LogP contribution >= 0.6 is 0 Å². The lowest BCUT2D eigenvalue weighted by Crippen LogP contribution is -2.51. The number of carbonyl (C=O) groups excluding carboxylic acids is 1. The molecular formula is C21H25F2N3O3S. The minimum Gasteiger partial charge on any atom is -0.351 e. The van der Waals surface area contributed by atoms with Crippen molar-refractivity contribution >= 4 is 15.9 Å². The van der Waals surface area contributed by atoms with Crippen molar-refractivity contribution in [2.45, 2.75) is 25.3 Å². The molecular weight excluding hydrogens is 412 g/mol. The summed E-state index contributed by atoms with van der Waals surface area (Å²) in [6.07, 6.45) is 0. The lowest BCUT2D eigenvalue weighted by Gasteiger charge is -2.33. The van der Waals surface area contributed by atoms with E-state index in [0.29, 0.717) is 29.1 Å². The highest BCUT2D eigenvalue weighted by molar-refractivity contribution is 7.89. The highest BCUT2D eigenvalue weighted by Crippen LogP contribution is 2.22. The SMILES string of the molecule is Cc1ccc(C)c(S(=O)(=O)N2CCN(CC(=O)NCc3cc(F)cc(F)c3)CC2)c1. The Morgan fingerprint density at radius 1 is 1.00 bits per heavy atom. The van der Waals surface area contributed by atoms with Gasteiger partial charge in [-0.1, -0.05) is 12.1 Å². The van der Waals surface area contributed by atoms with Crippen LogP contribution in [0.2, 0.25) is 0 Å². The summed E-state index contributed by atoms with van der Waals surface area (Å²) in [5, 5.41) is 2.64. The lowest BCUT2D eigenvalue weighted by molar-refractivity contribution is -0.122. The quantitative estimate of drug-likeness (QED) is 0.752. The molecule has 1 aliphatic heterocycles.